The topological polar surface area (TPSA) is 94.0 Å². The molecule has 3 N–H and O–H groups in total. The summed E-state index contributed by atoms with van der Waals surface area (Å²) in [5.74, 6) is -1.04. The van der Waals surface area contributed by atoms with Crippen molar-refractivity contribution in [2.24, 2.45) is 5.73 Å². The highest BCUT2D eigenvalue weighted by Gasteiger charge is 2.33. The van der Waals surface area contributed by atoms with Gasteiger partial charge in [0.2, 0.25) is 0 Å². The fourth-order valence-electron chi connectivity index (χ4n) is 5.27. The molecule has 0 aliphatic rings. The van der Waals surface area contributed by atoms with Gasteiger partial charge in [-0.1, -0.05) is 107 Å². The standard InChI is InChI=1S/C33H34N4O2/c1-32(2,22-13-7-5-8-14-22)24-19-26(33(3,4)23-15-9-6-10-16-23)25(21-27(34)31(38)39)30(20-24)37-35-28-17-11-12-18-29(28)36-37/h5-20,27H,21,34H2,1-4H3,(H,38,39)/t27-/m0/s1. The number of hydrogen-bond acceptors (Lipinski definition) is 4. The summed E-state index contributed by atoms with van der Waals surface area (Å²) >= 11 is 0. The maximum Gasteiger partial charge on any atom is 0.320 e. The van der Waals surface area contributed by atoms with Crippen LogP contribution in [0.25, 0.3) is 16.7 Å². The molecule has 4 aromatic carbocycles. The number of nitrogens with two attached hydrogens (primary N) is 1. The summed E-state index contributed by atoms with van der Waals surface area (Å²) in [5, 5.41) is 19.4. The van der Waals surface area contributed by atoms with Crippen molar-refractivity contribution >= 4 is 17.0 Å². The molecule has 0 spiro atoms. The molecule has 0 fully saturated rings. The van der Waals surface area contributed by atoms with Gasteiger partial charge in [0, 0.05) is 17.3 Å². The minimum Gasteiger partial charge on any atom is -0.480 e. The number of carboxylic acid groups (broad SMARTS) is 1. The molecule has 5 rings (SSSR count). The van der Waals surface area contributed by atoms with E-state index >= 15 is 0 Å². The Morgan fingerprint density at radius 2 is 1.26 bits per heavy atom. The van der Waals surface area contributed by atoms with Crippen molar-refractivity contribution in [2.75, 3.05) is 0 Å². The molecule has 0 bridgehead atoms. The summed E-state index contributed by atoms with van der Waals surface area (Å²) in [6, 6.07) is 31.6. The summed E-state index contributed by atoms with van der Waals surface area (Å²) in [6.07, 6.45) is 0.139. The third-order valence-electron chi connectivity index (χ3n) is 7.86. The molecular weight excluding hydrogens is 484 g/mol. The van der Waals surface area contributed by atoms with Gasteiger partial charge in [-0.25, -0.2) is 0 Å². The van der Waals surface area contributed by atoms with Gasteiger partial charge in [0.1, 0.15) is 17.1 Å². The molecule has 6 nitrogen and oxygen atoms in total. The van der Waals surface area contributed by atoms with Crippen molar-refractivity contribution in [3.05, 3.63) is 125 Å². The number of nitrogens with zero attached hydrogens (tertiary/aromatic N) is 3. The predicted octanol–water partition coefficient (Wildman–Crippen LogP) is 6.03. The Morgan fingerprint density at radius 3 is 1.77 bits per heavy atom. The van der Waals surface area contributed by atoms with E-state index in [9.17, 15) is 9.90 Å². The molecule has 0 amide bonds. The molecule has 0 saturated carbocycles. The summed E-state index contributed by atoms with van der Waals surface area (Å²) in [4.78, 5) is 13.6. The zero-order valence-electron chi connectivity index (χ0n) is 22.8. The van der Waals surface area contributed by atoms with Crippen molar-refractivity contribution in [1.29, 1.82) is 0 Å². The number of aromatic nitrogens is 3. The van der Waals surface area contributed by atoms with Crippen molar-refractivity contribution in [2.45, 2.75) is 51.0 Å². The van der Waals surface area contributed by atoms with Gasteiger partial charge in [-0.3, -0.25) is 4.79 Å². The number of carbonyl (C=O) groups is 1. The molecule has 5 aromatic rings. The summed E-state index contributed by atoms with van der Waals surface area (Å²) < 4.78 is 0. The maximum absolute atomic E-state index is 12.0. The molecule has 0 aliphatic carbocycles. The highest BCUT2D eigenvalue weighted by molar-refractivity contribution is 5.75. The predicted molar refractivity (Wildman–Crippen MR) is 155 cm³/mol. The van der Waals surface area contributed by atoms with Crippen LogP contribution in [0.3, 0.4) is 0 Å². The van der Waals surface area contributed by atoms with E-state index in [0.29, 0.717) is 0 Å². The molecular formula is C33H34N4O2. The first kappa shape index (κ1) is 26.3. The van der Waals surface area contributed by atoms with E-state index in [1.807, 2.05) is 48.5 Å². The third-order valence-corrected chi connectivity index (χ3v) is 7.86. The minimum atomic E-state index is -1.08. The number of hydrogen-bond donors (Lipinski definition) is 2. The number of fused-ring (bicyclic) bond motifs is 1. The highest BCUT2D eigenvalue weighted by Crippen LogP contribution is 2.41. The summed E-state index contributed by atoms with van der Waals surface area (Å²) in [7, 11) is 0. The zero-order chi connectivity index (χ0) is 27.8. The number of benzene rings is 4. The largest absolute Gasteiger partial charge is 0.480 e. The first-order valence-electron chi connectivity index (χ1n) is 13.2. The first-order valence-corrected chi connectivity index (χ1v) is 13.2. The van der Waals surface area contributed by atoms with Crippen molar-refractivity contribution in [3.63, 3.8) is 0 Å². The summed E-state index contributed by atoms with van der Waals surface area (Å²) in [5.41, 5.74) is 12.9. The second kappa shape index (κ2) is 10.1. The number of rotatable bonds is 8. The van der Waals surface area contributed by atoms with E-state index in [1.54, 1.807) is 4.80 Å². The van der Waals surface area contributed by atoms with Gasteiger partial charge in [0.15, 0.2) is 0 Å². The Kier molecular flexibility index (Phi) is 6.83. The highest BCUT2D eigenvalue weighted by atomic mass is 16.4. The maximum atomic E-state index is 12.0. The van der Waals surface area contributed by atoms with Crippen molar-refractivity contribution < 1.29 is 9.90 Å². The second-order valence-corrected chi connectivity index (χ2v) is 11.1. The van der Waals surface area contributed by atoms with Crippen LogP contribution in [0.15, 0.2) is 97.1 Å². The Balaban J connectivity index is 1.84. The van der Waals surface area contributed by atoms with Crippen LogP contribution in [0.2, 0.25) is 0 Å². The van der Waals surface area contributed by atoms with Crippen LogP contribution in [-0.4, -0.2) is 32.1 Å². The van der Waals surface area contributed by atoms with Gasteiger partial charge in [-0.05, 0) is 46.0 Å². The molecule has 1 aromatic heterocycles. The monoisotopic (exact) mass is 518 g/mol. The van der Waals surface area contributed by atoms with Gasteiger partial charge < -0.3 is 10.8 Å². The van der Waals surface area contributed by atoms with Gasteiger partial charge in [0.05, 0.1) is 5.69 Å². The molecule has 0 aliphatic heterocycles. The van der Waals surface area contributed by atoms with Gasteiger partial charge in [-0.2, -0.15) is 4.80 Å². The first-order chi connectivity index (χ1) is 18.6. The zero-order valence-corrected chi connectivity index (χ0v) is 22.8. The normalized spacial score (nSPS) is 12.9. The van der Waals surface area contributed by atoms with Crippen LogP contribution >= 0.6 is 0 Å². The Morgan fingerprint density at radius 1 is 0.769 bits per heavy atom. The third kappa shape index (κ3) is 4.95. The molecule has 0 radical (unpaired) electrons. The van der Waals surface area contributed by atoms with E-state index in [4.69, 9.17) is 15.9 Å². The molecule has 0 saturated heterocycles. The fourth-order valence-corrected chi connectivity index (χ4v) is 5.27. The van der Waals surface area contributed by atoms with Crippen LogP contribution in [0.1, 0.15) is 55.5 Å². The van der Waals surface area contributed by atoms with Gasteiger partial charge >= 0.3 is 5.97 Å². The Labute approximate surface area is 229 Å². The Bertz CT molecular complexity index is 1590. The lowest BCUT2D eigenvalue weighted by atomic mass is 9.70. The molecule has 198 valence electrons. The van der Waals surface area contributed by atoms with Crippen LogP contribution in [0, 0.1) is 0 Å². The SMILES string of the molecule is CC(C)(c1ccccc1)c1cc(-n2nc3ccccc3n2)c(C[C@H](N)C(=O)O)c(C(C)(C)c2ccccc2)c1. The van der Waals surface area contributed by atoms with Gasteiger partial charge in [0.25, 0.3) is 0 Å². The quantitative estimate of drug-likeness (QED) is 0.262. The lowest BCUT2D eigenvalue weighted by Crippen LogP contribution is -2.35. The van der Waals surface area contributed by atoms with E-state index < -0.39 is 17.4 Å². The smallest absolute Gasteiger partial charge is 0.320 e. The number of carboxylic acids is 1. The minimum absolute atomic E-state index is 0.139. The van der Waals surface area contributed by atoms with E-state index in [0.717, 1.165) is 39.0 Å². The van der Waals surface area contributed by atoms with Crippen LogP contribution in [0.4, 0.5) is 0 Å². The van der Waals surface area contributed by atoms with Crippen LogP contribution in [-0.2, 0) is 22.0 Å². The molecule has 6 heteroatoms. The van der Waals surface area contributed by atoms with E-state index in [1.165, 1.54) is 5.56 Å². The lowest BCUT2D eigenvalue weighted by Gasteiger charge is -2.34. The van der Waals surface area contributed by atoms with Crippen molar-refractivity contribution in [1.82, 2.24) is 15.0 Å². The second-order valence-electron chi connectivity index (χ2n) is 11.1. The van der Waals surface area contributed by atoms with Crippen LogP contribution in [0.5, 0.6) is 0 Å². The molecule has 1 atom stereocenters. The fraction of sp³-hybridized carbons (Fsp3) is 0.242. The molecule has 0 unspecified atom stereocenters. The average Bonchev–Trinajstić information content (AvgIpc) is 3.38. The molecule has 39 heavy (non-hydrogen) atoms. The Hall–Kier alpha value is -4.29. The molecule has 1 heterocycles. The lowest BCUT2D eigenvalue weighted by molar-refractivity contribution is -0.138. The number of aliphatic carboxylic acids is 1. The van der Waals surface area contributed by atoms with Crippen molar-refractivity contribution in [3.8, 4) is 5.69 Å². The van der Waals surface area contributed by atoms with E-state index in [-0.39, 0.29) is 11.8 Å². The van der Waals surface area contributed by atoms with Crippen LogP contribution < -0.4 is 5.73 Å². The average molecular weight is 519 g/mol. The summed E-state index contributed by atoms with van der Waals surface area (Å²) in [6.45, 7) is 8.75. The van der Waals surface area contributed by atoms with E-state index in [2.05, 4.69) is 76.2 Å². The van der Waals surface area contributed by atoms with Gasteiger partial charge in [-0.15, -0.1) is 10.2 Å².